The van der Waals surface area contributed by atoms with Crippen molar-refractivity contribution in [2.24, 2.45) is 0 Å². The molecule has 1 aromatic rings. The highest BCUT2D eigenvalue weighted by Crippen LogP contribution is 2.21. The van der Waals surface area contributed by atoms with E-state index in [1.165, 1.54) is 30.5 Å². The normalized spacial score (nSPS) is 15.9. The van der Waals surface area contributed by atoms with Crippen LogP contribution in [0, 0.1) is 6.92 Å². The van der Waals surface area contributed by atoms with Gasteiger partial charge in [0.1, 0.15) is 5.82 Å². The van der Waals surface area contributed by atoms with Gasteiger partial charge in [-0.2, -0.15) is 0 Å². The molecule has 82 valence electrons. The molecule has 3 heteroatoms. The second kappa shape index (κ2) is 4.71. The van der Waals surface area contributed by atoms with E-state index >= 15 is 0 Å². The summed E-state index contributed by atoms with van der Waals surface area (Å²) in [6.07, 6.45) is 6.58. The Labute approximate surface area is 90.6 Å². The number of aromatic nitrogens is 2. The molecule has 0 amide bonds. The van der Waals surface area contributed by atoms with Gasteiger partial charge in [0.05, 0.1) is 6.61 Å². The summed E-state index contributed by atoms with van der Waals surface area (Å²) in [5.74, 6) is 0.802. The van der Waals surface area contributed by atoms with Crippen LogP contribution in [-0.2, 0) is 19.3 Å². The van der Waals surface area contributed by atoms with Crippen LogP contribution < -0.4 is 0 Å². The second-order valence-electron chi connectivity index (χ2n) is 4.18. The van der Waals surface area contributed by atoms with Crippen LogP contribution in [0.4, 0.5) is 0 Å². The minimum absolute atomic E-state index is 0.137. The number of aliphatic hydroxyl groups excluding tert-OH is 1. The Morgan fingerprint density at radius 3 is 2.73 bits per heavy atom. The van der Waals surface area contributed by atoms with Crippen molar-refractivity contribution < 1.29 is 5.11 Å². The minimum Gasteiger partial charge on any atom is -0.396 e. The Morgan fingerprint density at radius 1 is 1.13 bits per heavy atom. The van der Waals surface area contributed by atoms with E-state index in [1.54, 1.807) is 0 Å². The molecule has 0 radical (unpaired) electrons. The third-order valence-corrected chi connectivity index (χ3v) is 3.02. The molecule has 0 fully saturated rings. The van der Waals surface area contributed by atoms with E-state index in [0.717, 1.165) is 24.4 Å². The fraction of sp³-hybridized carbons (Fsp3) is 0.667. The van der Waals surface area contributed by atoms with Crippen molar-refractivity contribution in [2.75, 3.05) is 6.61 Å². The van der Waals surface area contributed by atoms with E-state index in [4.69, 9.17) is 5.11 Å². The maximum Gasteiger partial charge on any atom is 0.131 e. The number of rotatable bonds is 2. The maximum absolute atomic E-state index is 8.89. The van der Waals surface area contributed by atoms with Gasteiger partial charge in [-0.3, -0.25) is 0 Å². The van der Waals surface area contributed by atoms with Crippen LogP contribution in [0.2, 0.25) is 0 Å². The zero-order valence-corrected chi connectivity index (χ0v) is 9.29. The molecule has 0 saturated heterocycles. The molecule has 1 heterocycles. The number of hydrogen-bond donors (Lipinski definition) is 1. The van der Waals surface area contributed by atoms with E-state index in [-0.39, 0.29) is 6.61 Å². The molecule has 0 aromatic carbocycles. The lowest BCUT2D eigenvalue weighted by Crippen LogP contribution is -2.08. The smallest absolute Gasteiger partial charge is 0.131 e. The van der Waals surface area contributed by atoms with Crippen LogP contribution in [0.15, 0.2) is 0 Å². The lowest BCUT2D eigenvalue weighted by Gasteiger charge is -2.09. The van der Waals surface area contributed by atoms with Gasteiger partial charge < -0.3 is 5.11 Å². The molecule has 0 bridgehead atoms. The molecule has 1 aliphatic carbocycles. The summed E-state index contributed by atoms with van der Waals surface area (Å²) in [6.45, 7) is 2.20. The number of hydrogen-bond acceptors (Lipinski definition) is 3. The van der Waals surface area contributed by atoms with Gasteiger partial charge in [0.25, 0.3) is 0 Å². The van der Waals surface area contributed by atoms with Crippen LogP contribution >= 0.6 is 0 Å². The van der Waals surface area contributed by atoms with Crippen molar-refractivity contribution in [1.82, 2.24) is 9.97 Å². The van der Waals surface area contributed by atoms with Gasteiger partial charge >= 0.3 is 0 Å². The quantitative estimate of drug-likeness (QED) is 0.747. The van der Waals surface area contributed by atoms with Crippen molar-refractivity contribution in [3.63, 3.8) is 0 Å². The van der Waals surface area contributed by atoms with E-state index < -0.39 is 0 Å². The van der Waals surface area contributed by atoms with E-state index in [9.17, 15) is 0 Å². The SMILES string of the molecule is Cc1nc(CCO)nc2c1CCCCC2. The third kappa shape index (κ3) is 2.34. The van der Waals surface area contributed by atoms with E-state index in [0.29, 0.717) is 6.42 Å². The summed E-state index contributed by atoms with van der Waals surface area (Å²) in [5.41, 5.74) is 3.70. The Kier molecular flexibility index (Phi) is 3.31. The van der Waals surface area contributed by atoms with Crippen LogP contribution in [-0.4, -0.2) is 21.7 Å². The van der Waals surface area contributed by atoms with Gasteiger partial charge in [0.2, 0.25) is 0 Å². The third-order valence-electron chi connectivity index (χ3n) is 3.02. The number of aryl methyl sites for hydroxylation is 2. The number of nitrogens with zero attached hydrogens (tertiary/aromatic N) is 2. The zero-order valence-electron chi connectivity index (χ0n) is 9.29. The van der Waals surface area contributed by atoms with Gasteiger partial charge in [-0.25, -0.2) is 9.97 Å². The summed E-state index contributed by atoms with van der Waals surface area (Å²) in [5, 5.41) is 8.89. The average Bonchev–Trinajstić information content (AvgIpc) is 2.43. The molecule has 15 heavy (non-hydrogen) atoms. The van der Waals surface area contributed by atoms with Gasteiger partial charge in [-0.15, -0.1) is 0 Å². The molecule has 1 aromatic heterocycles. The molecule has 0 atom stereocenters. The van der Waals surface area contributed by atoms with Gasteiger partial charge in [0, 0.05) is 17.8 Å². The summed E-state index contributed by atoms with van der Waals surface area (Å²) in [6, 6.07) is 0. The lowest BCUT2D eigenvalue weighted by atomic mass is 10.1. The molecule has 0 unspecified atom stereocenters. The highest BCUT2D eigenvalue weighted by Gasteiger charge is 2.13. The van der Waals surface area contributed by atoms with Crippen LogP contribution in [0.5, 0.6) is 0 Å². The van der Waals surface area contributed by atoms with Crippen molar-refractivity contribution in [3.8, 4) is 0 Å². The standard InChI is InChI=1S/C12H18N2O/c1-9-10-5-3-2-4-6-11(10)14-12(13-9)7-8-15/h15H,2-8H2,1H3. The highest BCUT2D eigenvalue weighted by atomic mass is 16.3. The predicted octanol–water partition coefficient (Wildman–Crippen LogP) is 1.59. The van der Waals surface area contributed by atoms with Gasteiger partial charge in [-0.05, 0) is 38.2 Å². The highest BCUT2D eigenvalue weighted by molar-refractivity contribution is 5.26. The summed E-state index contributed by atoms with van der Waals surface area (Å²) < 4.78 is 0. The van der Waals surface area contributed by atoms with Crippen LogP contribution in [0.25, 0.3) is 0 Å². The molecule has 0 saturated carbocycles. The maximum atomic E-state index is 8.89. The molecule has 3 nitrogen and oxygen atoms in total. The first kappa shape index (κ1) is 10.6. The Balaban J connectivity index is 2.35. The second-order valence-corrected chi connectivity index (χ2v) is 4.18. The van der Waals surface area contributed by atoms with Crippen molar-refractivity contribution in [1.29, 1.82) is 0 Å². The monoisotopic (exact) mass is 206 g/mol. The van der Waals surface area contributed by atoms with Crippen LogP contribution in [0.1, 0.15) is 42.0 Å². The van der Waals surface area contributed by atoms with E-state index in [2.05, 4.69) is 16.9 Å². The first-order chi connectivity index (χ1) is 7.31. The average molecular weight is 206 g/mol. The minimum atomic E-state index is 0.137. The Bertz CT molecular complexity index is 350. The lowest BCUT2D eigenvalue weighted by molar-refractivity contribution is 0.296. The van der Waals surface area contributed by atoms with Crippen molar-refractivity contribution in [2.45, 2.75) is 45.4 Å². The molecule has 2 rings (SSSR count). The number of aliphatic hydroxyl groups is 1. The predicted molar refractivity (Wildman–Crippen MR) is 58.8 cm³/mol. The molecule has 1 N–H and O–H groups in total. The fourth-order valence-corrected chi connectivity index (χ4v) is 2.23. The van der Waals surface area contributed by atoms with Gasteiger partial charge in [-0.1, -0.05) is 6.42 Å². The molecule has 0 aliphatic heterocycles. The summed E-state index contributed by atoms with van der Waals surface area (Å²) >= 11 is 0. The first-order valence-corrected chi connectivity index (χ1v) is 5.77. The largest absolute Gasteiger partial charge is 0.396 e. The Hall–Kier alpha value is -0.960. The van der Waals surface area contributed by atoms with Crippen molar-refractivity contribution >= 4 is 0 Å². The molecular formula is C12H18N2O. The zero-order chi connectivity index (χ0) is 10.7. The fourth-order valence-electron chi connectivity index (χ4n) is 2.23. The first-order valence-electron chi connectivity index (χ1n) is 5.77. The molecule has 1 aliphatic rings. The molecular weight excluding hydrogens is 188 g/mol. The van der Waals surface area contributed by atoms with Crippen molar-refractivity contribution in [3.05, 3.63) is 22.8 Å². The number of fused-ring (bicyclic) bond motifs is 1. The molecule has 0 spiro atoms. The van der Waals surface area contributed by atoms with Gasteiger partial charge in [0.15, 0.2) is 0 Å². The van der Waals surface area contributed by atoms with E-state index in [1.807, 2.05) is 0 Å². The summed E-state index contributed by atoms with van der Waals surface area (Å²) in [7, 11) is 0. The Morgan fingerprint density at radius 2 is 1.93 bits per heavy atom. The summed E-state index contributed by atoms with van der Waals surface area (Å²) in [4.78, 5) is 9.00. The van der Waals surface area contributed by atoms with Crippen LogP contribution in [0.3, 0.4) is 0 Å². The topological polar surface area (TPSA) is 46.0 Å².